The van der Waals surface area contributed by atoms with Crippen LogP contribution in [0.25, 0.3) is 0 Å². The average molecular weight is 280 g/mol. The van der Waals surface area contributed by atoms with Crippen LogP contribution in [-0.4, -0.2) is 20.5 Å². The smallest absolute Gasteiger partial charge is 0.191 e. The molecule has 2 aliphatic rings. The van der Waals surface area contributed by atoms with Crippen LogP contribution in [0.4, 0.5) is 0 Å². The van der Waals surface area contributed by atoms with E-state index in [0.29, 0.717) is 6.54 Å². The highest BCUT2D eigenvalue weighted by molar-refractivity contribution is 7.99. The number of nitrogens with zero attached hydrogens (tertiary/aromatic N) is 3. The van der Waals surface area contributed by atoms with Gasteiger partial charge in [-0.25, -0.2) is 0 Å². The Bertz CT molecular complexity index is 431. The Morgan fingerprint density at radius 1 is 1.32 bits per heavy atom. The zero-order chi connectivity index (χ0) is 13.2. The molecule has 0 aliphatic heterocycles. The lowest BCUT2D eigenvalue weighted by Gasteiger charge is -2.20. The monoisotopic (exact) mass is 280 g/mol. The molecule has 106 valence electrons. The molecule has 0 aromatic carbocycles. The Labute approximate surface area is 119 Å². The van der Waals surface area contributed by atoms with Gasteiger partial charge in [-0.15, -0.1) is 10.2 Å². The van der Waals surface area contributed by atoms with Gasteiger partial charge in [0.15, 0.2) is 5.16 Å². The number of hydrogen-bond donors (Lipinski definition) is 1. The number of rotatable bonds is 6. The number of fused-ring (bicyclic) bond motifs is 2. The molecule has 1 heterocycles. The first-order chi connectivity index (χ1) is 9.31. The summed E-state index contributed by atoms with van der Waals surface area (Å²) in [6, 6.07) is 0. The van der Waals surface area contributed by atoms with Crippen molar-refractivity contribution in [2.24, 2.45) is 23.5 Å². The summed E-state index contributed by atoms with van der Waals surface area (Å²) in [4.78, 5) is 0. The third-order valence-electron chi connectivity index (χ3n) is 4.73. The van der Waals surface area contributed by atoms with E-state index in [1.165, 1.54) is 31.4 Å². The van der Waals surface area contributed by atoms with Gasteiger partial charge >= 0.3 is 0 Å². The van der Waals surface area contributed by atoms with Crippen LogP contribution >= 0.6 is 11.8 Å². The van der Waals surface area contributed by atoms with Gasteiger partial charge in [0, 0.05) is 12.3 Å². The largest absolute Gasteiger partial charge is 0.324 e. The number of thioether (sulfide) groups is 1. The van der Waals surface area contributed by atoms with E-state index in [2.05, 4.69) is 21.7 Å². The lowest BCUT2D eigenvalue weighted by atomic mass is 9.90. The number of nitrogens with two attached hydrogens (primary N) is 1. The second kappa shape index (κ2) is 5.83. The van der Waals surface area contributed by atoms with Crippen molar-refractivity contribution in [3.8, 4) is 0 Å². The molecule has 2 saturated carbocycles. The molecular weight excluding hydrogens is 256 g/mol. The molecule has 2 N–H and O–H groups in total. The van der Waals surface area contributed by atoms with Crippen LogP contribution in [0.15, 0.2) is 5.16 Å². The zero-order valence-corrected chi connectivity index (χ0v) is 12.5. The standard InChI is InChI=1S/C14H24N4S/c1-2-5-18-13(8-15)16-17-14(18)19-9-12-7-10-3-4-11(12)6-10/h10-12H,2-9,15H2,1H3. The van der Waals surface area contributed by atoms with Crippen molar-refractivity contribution in [1.29, 1.82) is 0 Å². The maximum absolute atomic E-state index is 5.73. The molecule has 1 aromatic rings. The maximum Gasteiger partial charge on any atom is 0.191 e. The van der Waals surface area contributed by atoms with Crippen molar-refractivity contribution in [3.05, 3.63) is 5.82 Å². The number of aromatic nitrogens is 3. The average Bonchev–Trinajstić information content (AvgIpc) is 3.11. The summed E-state index contributed by atoms with van der Waals surface area (Å²) in [5.41, 5.74) is 5.73. The first-order valence-electron chi connectivity index (χ1n) is 7.56. The highest BCUT2D eigenvalue weighted by atomic mass is 32.2. The second-order valence-corrected chi connectivity index (χ2v) is 6.99. The first-order valence-corrected chi connectivity index (χ1v) is 8.55. The van der Waals surface area contributed by atoms with Gasteiger partial charge in [0.2, 0.25) is 0 Å². The van der Waals surface area contributed by atoms with Gasteiger partial charge in [-0.2, -0.15) is 0 Å². The minimum Gasteiger partial charge on any atom is -0.324 e. The third-order valence-corrected chi connectivity index (χ3v) is 5.89. The Morgan fingerprint density at radius 3 is 2.84 bits per heavy atom. The van der Waals surface area contributed by atoms with Gasteiger partial charge in [-0.05, 0) is 43.4 Å². The molecule has 2 aliphatic carbocycles. The van der Waals surface area contributed by atoms with Gasteiger partial charge in [-0.1, -0.05) is 25.1 Å². The highest BCUT2D eigenvalue weighted by Gasteiger charge is 2.39. The molecule has 0 saturated heterocycles. The summed E-state index contributed by atoms with van der Waals surface area (Å²) >= 11 is 1.89. The zero-order valence-electron chi connectivity index (χ0n) is 11.7. The van der Waals surface area contributed by atoms with Crippen LogP contribution in [0, 0.1) is 17.8 Å². The summed E-state index contributed by atoms with van der Waals surface area (Å²) in [6.45, 7) is 3.66. The van der Waals surface area contributed by atoms with E-state index in [-0.39, 0.29) is 0 Å². The minimum absolute atomic E-state index is 0.488. The highest BCUT2D eigenvalue weighted by Crippen LogP contribution is 2.49. The van der Waals surface area contributed by atoms with Crippen LogP contribution in [-0.2, 0) is 13.1 Å². The van der Waals surface area contributed by atoms with Crippen molar-refractivity contribution in [1.82, 2.24) is 14.8 Å². The molecule has 0 radical (unpaired) electrons. The van der Waals surface area contributed by atoms with Gasteiger partial charge in [0.05, 0.1) is 6.54 Å². The summed E-state index contributed by atoms with van der Waals surface area (Å²) < 4.78 is 2.21. The Kier molecular flexibility index (Phi) is 4.12. The van der Waals surface area contributed by atoms with Crippen LogP contribution < -0.4 is 5.73 Å². The van der Waals surface area contributed by atoms with E-state index in [1.54, 1.807) is 0 Å². The molecule has 3 atom stereocenters. The Balaban J connectivity index is 1.61. The fraction of sp³-hybridized carbons (Fsp3) is 0.857. The van der Waals surface area contributed by atoms with Gasteiger partial charge in [-0.3, -0.25) is 0 Å². The van der Waals surface area contributed by atoms with Gasteiger partial charge < -0.3 is 10.3 Å². The maximum atomic E-state index is 5.73. The minimum atomic E-state index is 0.488. The quantitative estimate of drug-likeness (QED) is 0.814. The predicted molar refractivity (Wildman–Crippen MR) is 77.9 cm³/mol. The van der Waals surface area contributed by atoms with E-state index < -0.39 is 0 Å². The van der Waals surface area contributed by atoms with Crippen LogP contribution in [0.2, 0.25) is 0 Å². The van der Waals surface area contributed by atoms with Gasteiger partial charge in [0.1, 0.15) is 5.82 Å². The van der Waals surface area contributed by atoms with E-state index in [1.807, 2.05) is 11.8 Å². The Morgan fingerprint density at radius 2 is 2.21 bits per heavy atom. The van der Waals surface area contributed by atoms with E-state index in [9.17, 15) is 0 Å². The van der Waals surface area contributed by atoms with Crippen LogP contribution in [0.3, 0.4) is 0 Å². The molecule has 2 fully saturated rings. The van der Waals surface area contributed by atoms with Crippen LogP contribution in [0.5, 0.6) is 0 Å². The topological polar surface area (TPSA) is 56.7 Å². The fourth-order valence-corrected chi connectivity index (χ4v) is 5.01. The van der Waals surface area contributed by atoms with Crippen molar-refractivity contribution < 1.29 is 0 Å². The fourth-order valence-electron chi connectivity index (χ4n) is 3.79. The van der Waals surface area contributed by atoms with E-state index >= 15 is 0 Å². The molecule has 4 nitrogen and oxygen atoms in total. The molecule has 1 aromatic heterocycles. The van der Waals surface area contributed by atoms with E-state index in [0.717, 1.165) is 41.7 Å². The second-order valence-electron chi connectivity index (χ2n) is 6.00. The first kappa shape index (κ1) is 13.4. The van der Waals surface area contributed by atoms with Crippen molar-refractivity contribution >= 4 is 11.8 Å². The molecule has 0 amide bonds. The summed E-state index contributed by atoms with van der Waals surface area (Å²) in [5, 5.41) is 9.61. The summed E-state index contributed by atoms with van der Waals surface area (Å²) in [6.07, 6.45) is 6.98. The molecule has 0 spiro atoms. The normalized spacial score (nSPS) is 29.3. The van der Waals surface area contributed by atoms with Crippen molar-refractivity contribution in [2.45, 2.75) is 57.3 Å². The van der Waals surface area contributed by atoms with Crippen molar-refractivity contribution in [2.75, 3.05) is 5.75 Å². The molecule has 3 rings (SSSR count). The summed E-state index contributed by atoms with van der Waals surface area (Å²) in [7, 11) is 0. The Hall–Kier alpha value is -0.550. The molecular formula is C14H24N4S. The van der Waals surface area contributed by atoms with Crippen molar-refractivity contribution in [3.63, 3.8) is 0 Å². The SMILES string of the molecule is CCCn1c(CN)nnc1SCC1CC2CCC1C2. The van der Waals surface area contributed by atoms with Gasteiger partial charge in [0.25, 0.3) is 0 Å². The molecule has 2 bridgehead atoms. The predicted octanol–water partition coefficient (Wildman–Crippen LogP) is 2.68. The third kappa shape index (κ3) is 2.68. The van der Waals surface area contributed by atoms with Crippen LogP contribution in [0.1, 0.15) is 44.9 Å². The summed E-state index contributed by atoms with van der Waals surface area (Å²) in [5.74, 6) is 5.08. The number of hydrogen-bond acceptors (Lipinski definition) is 4. The van der Waals surface area contributed by atoms with E-state index in [4.69, 9.17) is 5.73 Å². The molecule has 3 unspecified atom stereocenters. The lowest BCUT2D eigenvalue weighted by molar-refractivity contribution is 0.365. The lowest BCUT2D eigenvalue weighted by Crippen LogP contribution is -2.14. The molecule has 5 heteroatoms. The molecule has 19 heavy (non-hydrogen) atoms.